The number of nitriles is 1. The summed E-state index contributed by atoms with van der Waals surface area (Å²) in [4.78, 5) is 15.5. The standard InChI is InChI=1S/C24H25N3O2/c1-24(15-25,12-13-29-18-9-7-17(26)8-10-18)16-6-11-20-19-4-2-3-5-21(19)23(28)27-22(20)14-16/h6-11,14H,2-5,12-13,26H2,1H3,(H,27,28). The maximum atomic E-state index is 12.5. The van der Waals surface area contributed by atoms with Crippen LogP contribution < -0.4 is 16.0 Å². The highest BCUT2D eigenvalue weighted by atomic mass is 16.5. The first kappa shape index (κ1) is 19.1. The van der Waals surface area contributed by atoms with Gasteiger partial charge in [0.15, 0.2) is 0 Å². The van der Waals surface area contributed by atoms with Crippen LogP contribution in [0.25, 0.3) is 10.9 Å². The van der Waals surface area contributed by atoms with Gasteiger partial charge in [-0.2, -0.15) is 5.26 Å². The minimum atomic E-state index is -0.714. The predicted molar refractivity (Wildman–Crippen MR) is 115 cm³/mol. The molecular weight excluding hydrogens is 362 g/mol. The van der Waals surface area contributed by atoms with E-state index in [-0.39, 0.29) is 5.56 Å². The summed E-state index contributed by atoms with van der Waals surface area (Å²) in [5, 5.41) is 11.0. The van der Waals surface area contributed by atoms with Gasteiger partial charge in [-0.3, -0.25) is 4.79 Å². The fraction of sp³-hybridized carbons (Fsp3) is 0.333. The summed E-state index contributed by atoms with van der Waals surface area (Å²) in [5.74, 6) is 0.731. The Hall–Kier alpha value is -3.26. The molecule has 3 N–H and O–H groups in total. The zero-order valence-electron chi connectivity index (χ0n) is 16.6. The quantitative estimate of drug-likeness (QED) is 0.641. The van der Waals surface area contributed by atoms with Crippen LogP contribution in [0, 0.1) is 11.3 Å². The third-order valence-corrected chi connectivity index (χ3v) is 5.97. The molecule has 148 valence electrons. The van der Waals surface area contributed by atoms with Crippen molar-refractivity contribution < 1.29 is 4.74 Å². The minimum absolute atomic E-state index is 0.00898. The summed E-state index contributed by atoms with van der Waals surface area (Å²) < 4.78 is 5.80. The van der Waals surface area contributed by atoms with Crippen molar-refractivity contribution in [3.8, 4) is 11.8 Å². The molecule has 1 aliphatic rings. The zero-order valence-corrected chi connectivity index (χ0v) is 16.6. The van der Waals surface area contributed by atoms with Gasteiger partial charge in [0, 0.05) is 28.6 Å². The molecule has 5 heteroatoms. The number of hydrogen-bond acceptors (Lipinski definition) is 4. The Labute approximate surface area is 170 Å². The van der Waals surface area contributed by atoms with Crippen LogP contribution in [0.15, 0.2) is 47.3 Å². The van der Waals surface area contributed by atoms with Crippen LogP contribution in [-0.4, -0.2) is 11.6 Å². The van der Waals surface area contributed by atoms with Crippen molar-refractivity contribution in [1.29, 1.82) is 5.26 Å². The summed E-state index contributed by atoms with van der Waals surface area (Å²) in [5.41, 5.74) is 9.48. The molecule has 0 spiro atoms. The number of H-pyrrole nitrogens is 1. The lowest BCUT2D eigenvalue weighted by atomic mass is 9.80. The topological polar surface area (TPSA) is 91.9 Å². The van der Waals surface area contributed by atoms with E-state index in [1.54, 1.807) is 12.1 Å². The molecule has 1 heterocycles. The number of rotatable bonds is 5. The summed E-state index contributed by atoms with van der Waals surface area (Å²) >= 11 is 0. The van der Waals surface area contributed by atoms with E-state index in [9.17, 15) is 10.1 Å². The van der Waals surface area contributed by atoms with Gasteiger partial charge in [-0.15, -0.1) is 0 Å². The normalized spacial score (nSPS) is 15.3. The van der Waals surface area contributed by atoms with E-state index in [2.05, 4.69) is 17.1 Å². The Morgan fingerprint density at radius 3 is 2.59 bits per heavy atom. The largest absolute Gasteiger partial charge is 0.494 e. The Bertz CT molecular complexity index is 1140. The van der Waals surface area contributed by atoms with Gasteiger partial charge in [0.2, 0.25) is 0 Å². The SMILES string of the molecule is CC(C#N)(CCOc1ccc(N)cc1)c1ccc2c3c(c(=O)[nH]c2c1)CCCC3. The third kappa shape index (κ3) is 3.71. The van der Waals surface area contributed by atoms with E-state index in [1.807, 2.05) is 31.2 Å². The molecule has 4 rings (SSSR count). The molecule has 0 amide bonds. The van der Waals surface area contributed by atoms with Crippen LogP contribution in [0.1, 0.15) is 42.9 Å². The van der Waals surface area contributed by atoms with E-state index in [0.717, 1.165) is 53.5 Å². The molecule has 5 nitrogen and oxygen atoms in total. The molecule has 0 saturated heterocycles. The number of hydrogen-bond donors (Lipinski definition) is 2. The van der Waals surface area contributed by atoms with Gasteiger partial charge >= 0.3 is 0 Å². The van der Waals surface area contributed by atoms with Crippen molar-refractivity contribution in [2.75, 3.05) is 12.3 Å². The molecule has 1 atom stereocenters. The van der Waals surface area contributed by atoms with Crippen molar-refractivity contribution in [2.45, 2.75) is 44.4 Å². The molecule has 1 aromatic heterocycles. The van der Waals surface area contributed by atoms with Crippen molar-refractivity contribution in [2.24, 2.45) is 0 Å². The first-order valence-electron chi connectivity index (χ1n) is 10.1. The smallest absolute Gasteiger partial charge is 0.251 e. The maximum absolute atomic E-state index is 12.5. The molecule has 0 radical (unpaired) electrons. The molecule has 0 saturated carbocycles. The number of aromatic nitrogens is 1. The van der Waals surface area contributed by atoms with Gasteiger partial charge in [0.25, 0.3) is 5.56 Å². The molecule has 2 aromatic carbocycles. The van der Waals surface area contributed by atoms with Crippen LogP contribution in [0.3, 0.4) is 0 Å². The Kier molecular flexibility index (Phi) is 5.02. The summed E-state index contributed by atoms with van der Waals surface area (Å²) in [6.45, 7) is 2.32. The third-order valence-electron chi connectivity index (χ3n) is 5.97. The predicted octanol–water partition coefficient (Wildman–Crippen LogP) is 4.24. The van der Waals surface area contributed by atoms with Crippen molar-refractivity contribution in [1.82, 2.24) is 4.98 Å². The second-order valence-corrected chi connectivity index (χ2v) is 7.99. The highest BCUT2D eigenvalue weighted by Gasteiger charge is 2.27. The summed E-state index contributed by atoms with van der Waals surface area (Å²) in [6, 6.07) is 15.7. The lowest BCUT2D eigenvalue weighted by Gasteiger charge is -2.24. The number of benzene rings is 2. The molecule has 29 heavy (non-hydrogen) atoms. The molecule has 0 bridgehead atoms. The van der Waals surface area contributed by atoms with Gasteiger partial charge in [-0.05, 0) is 74.1 Å². The number of ether oxygens (including phenoxy) is 1. The average molecular weight is 387 g/mol. The van der Waals surface area contributed by atoms with E-state index in [0.29, 0.717) is 18.7 Å². The van der Waals surface area contributed by atoms with Crippen LogP contribution in [-0.2, 0) is 18.3 Å². The minimum Gasteiger partial charge on any atom is -0.494 e. The van der Waals surface area contributed by atoms with Gasteiger partial charge in [-0.25, -0.2) is 0 Å². The van der Waals surface area contributed by atoms with Crippen molar-refractivity contribution in [3.63, 3.8) is 0 Å². The molecule has 3 aromatic rings. The lowest BCUT2D eigenvalue weighted by Crippen LogP contribution is -2.24. The monoisotopic (exact) mass is 387 g/mol. The van der Waals surface area contributed by atoms with Crippen LogP contribution in [0.2, 0.25) is 0 Å². The number of nitrogens with zero attached hydrogens (tertiary/aromatic N) is 1. The van der Waals surface area contributed by atoms with Gasteiger partial charge in [0.1, 0.15) is 5.75 Å². The Balaban J connectivity index is 1.60. The highest BCUT2D eigenvalue weighted by Crippen LogP contribution is 2.32. The van der Waals surface area contributed by atoms with Gasteiger partial charge in [-0.1, -0.05) is 12.1 Å². The number of nitrogens with two attached hydrogens (primary N) is 1. The number of nitrogen functional groups attached to an aromatic ring is 1. The van der Waals surface area contributed by atoms with E-state index >= 15 is 0 Å². The van der Waals surface area contributed by atoms with Crippen LogP contribution in [0.4, 0.5) is 5.69 Å². The van der Waals surface area contributed by atoms with Crippen LogP contribution in [0.5, 0.6) is 5.75 Å². The Morgan fingerprint density at radius 1 is 1.14 bits per heavy atom. The Morgan fingerprint density at radius 2 is 1.86 bits per heavy atom. The number of nitrogens with one attached hydrogen (secondary N) is 1. The van der Waals surface area contributed by atoms with E-state index in [1.165, 1.54) is 5.56 Å². The van der Waals surface area contributed by atoms with Crippen LogP contribution >= 0.6 is 0 Å². The van der Waals surface area contributed by atoms with Crippen molar-refractivity contribution >= 4 is 16.6 Å². The first-order chi connectivity index (χ1) is 14.0. The lowest BCUT2D eigenvalue weighted by molar-refractivity contribution is 0.285. The summed E-state index contributed by atoms with van der Waals surface area (Å²) in [7, 11) is 0. The number of anilines is 1. The molecular formula is C24H25N3O2. The zero-order chi connectivity index (χ0) is 20.4. The first-order valence-corrected chi connectivity index (χ1v) is 10.1. The molecule has 0 aliphatic heterocycles. The summed E-state index contributed by atoms with van der Waals surface area (Å²) in [6.07, 6.45) is 4.52. The fourth-order valence-electron chi connectivity index (χ4n) is 4.11. The molecule has 1 unspecified atom stereocenters. The number of fused-ring (bicyclic) bond motifs is 3. The number of pyridine rings is 1. The number of aryl methyl sites for hydroxylation is 1. The molecule has 0 fully saturated rings. The maximum Gasteiger partial charge on any atom is 0.251 e. The highest BCUT2D eigenvalue weighted by molar-refractivity contribution is 5.84. The second kappa shape index (κ2) is 7.63. The second-order valence-electron chi connectivity index (χ2n) is 7.99. The fourth-order valence-corrected chi connectivity index (χ4v) is 4.11. The molecule has 1 aliphatic carbocycles. The van der Waals surface area contributed by atoms with E-state index in [4.69, 9.17) is 10.5 Å². The van der Waals surface area contributed by atoms with Crippen molar-refractivity contribution in [3.05, 3.63) is 69.5 Å². The van der Waals surface area contributed by atoms with Gasteiger partial charge in [0.05, 0.1) is 18.1 Å². The average Bonchev–Trinajstić information content (AvgIpc) is 2.75. The van der Waals surface area contributed by atoms with E-state index < -0.39 is 5.41 Å². The van der Waals surface area contributed by atoms with Gasteiger partial charge < -0.3 is 15.5 Å². The number of aromatic amines is 1.